The highest BCUT2D eigenvalue weighted by Crippen LogP contribution is 2.52. The first-order valence-electron chi connectivity index (χ1n) is 16.0. The molecule has 0 saturated heterocycles. The molecule has 244 valence electrons. The van der Waals surface area contributed by atoms with E-state index in [4.69, 9.17) is 10.5 Å². The minimum atomic E-state index is -2.76. The Balaban J connectivity index is 1.41. The third-order valence-corrected chi connectivity index (χ3v) is 10.7. The summed E-state index contributed by atoms with van der Waals surface area (Å²) in [6.07, 6.45) is 6.13. The number of carbonyl (C=O) groups excluding carboxylic acids is 5. The van der Waals surface area contributed by atoms with Crippen molar-refractivity contribution in [2.45, 2.75) is 69.2 Å². The number of hydrogen-bond donors (Lipinski definition) is 4. The maximum absolute atomic E-state index is 14.2. The van der Waals surface area contributed by atoms with Gasteiger partial charge >= 0.3 is 0 Å². The lowest BCUT2D eigenvalue weighted by Gasteiger charge is -2.52. The first-order valence-corrected chi connectivity index (χ1v) is 16.0. The van der Waals surface area contributed by atoms with E-state index in [0.29, 0.717) is 29.5 Å². The highest BCUT2D eigenvalue weighted by atomic mass is 16.5. The second-order valence-corrected chi connectivity index (χ2v) is 13.5. The summed E-state index contributed by atoms with van der Waals surface area (Å²) in [5, 5.41) is 26.4. The summed E-state index contributed by atoms with van der Waals surface area (Å²) in [5.41, 5.74) is 5.55. The van der Waals surface area contributed by atoms with Crippen LogP contribution in [0.15, 0.2) is 30.3 Å². The first-order chi connectivity index (χ1) is 21.9. The van der Waals surface area contributed by atoms with Crippen LogP contribution in [-0.4, -0.2) is 83.0 Å². The molecule has 6 atom stereocenters. The lowest BCUT2D eigenvalue weighted by molar-refractivity contribution is -0.181. The Morgan fingerprint density at radius 3 is 2.41 bits per heavy atom. The molecule has 3 saturated carbocycles. The number of primary amides is 1. The van der Waals surface area contributed by atoms with Gasteiger partial charge in [-0.15, -0.1) is 0 Å². The van der Waals surface area contributed by atoms with Crippen molar-refractivity contribution in [3.63, 3.8) is 0 Å². The number of hydrogen-bond acceptors (Lipinski definition) is 10. The van der Waals surface area contributed by atoms with Crippen LogP contribution in [-0.2, 0) is 32.1 Å². The van der Waals surface area contributed by atoms with Crippen LogP contribution in [0.25, 0.3) is 11.1 Å². The topological polar surface area (TPSA) is 176 Å². The van der Waals surface area contributed by atoms with Gasteiger partial charge in [0.2, 0.25) is 5.91 Å². The van der Waals surface area contributed by atoms with Crippen LogP contribution in [0, 0.1) is 23.7 Å². The smallest absolute Gasteiger partial charge is 0.235 e. The van der Waals surface area contributed by atoms with Crippen molar-refractivity contribution < 1.29 is 38.9 Å². The number of likely N-dealkylation sites (N-methyl/N-ethyl adjacent to an activating group) is 1. The number of nitrogens with zero attached hydrogens (tertiary/aromatic N) is 1. The van der Waals surface area contributed by atoms with Crippen molar-refractivity contribution in [2.75, 3.05) is 21.2 Å². The number of rotatable bonds is 7. The summed E-state index contributed by atoms with van der Waals surface area (Å²) in [7, 11) is 4.69. The van der Waals surface area contributed by atoms with E-state index < -0.39 is 64.4 Å². The Morgan fingerprint density at radius 2 is 1.76 bits per heavy atom. The Kier molecular flexibility index (Phi) is 8.37. The molecule has 0 aromatic heterocycles. The van der Waals surface area contributed by atoms with Gasteiger partial charge in [0.25, 0.3) is 0 Å². The molecule has 2 aromatic rings. The number of Topliss-reactive ketones (excluding diaryl/α,β-unsaturated/α-hetero) is 4. The fourth-order valence-corrected chi connectivity index (χ4v) is 8.50. The van der Waals surface area contributed by atoms with E-state index in [9.17, 15) is 34.2 Å². The number of amides is 1. The van der Waals surface area contributed by atoms with Crippen LogP contribution in [0.1, 0.15) is 60.0 Å². The van der Waals surface area contributed by atoms with E-state index in [1.165, 1.54) is 30.2 Å². The number of nitrogens with one attached hydrogen (secondary N) is 1. The molecular weight excluding hydrogens is 590 g/mol. The van der Waals surface area contributed by atoms with Crippen LogP contribution in [0.5, 0.6) is 11.5 Å². The zero-order valence-corrected chi connectivity index (χ0v) is 26.4. The summed E-state index contributed by atoms with van der Waals surface area (Å²) in [5.74, 6) is -10.1. The van der Waals surface area contributed by atoms with Crippen molar-refractivity contribution >= 4 is 29.0 Å². The lowest BCUT2D eigenvalue weighted by atomic mass is 9.52. The number of methoxy groups -OCH3 is 1. The number of phenols is 1. The minimum absolute atomic E-state index is 0.0124. The Labute approximate surface area is 267 Å². The molecule has 3 fully saturated rings. The molecule has 4 aliphatic carbocycles. The lowest BCUT2D eigenvalue weighted by Crippen LogP contribution is -2.74. The molecule has 6 rings (SSSR count). The van der Waals surface area contributed by atoms with Gasteiger partial charge in [-0.3, -0.25) is 28.9 Å². The van der Waals surface area contributed by atoms with E-state index >= 15 is 0 Å². The number of phenolic OH excluding ortho intramolecular Hbond substituents is 1. The summed E-state index contributed by atoms with van der Waals surface area (Å²) >= 11 is 0. The Hall–Kier alpha value is -3.93. The number of ether oxygens (including phenoxy) is 1. The highest BCUT2D eigenvalue weighted by molar-refractivity contribution is 6.32. The molecular formula is C35H41N3O8. The molecule has 0 heterocycles. The van der Waals surface area contributed by atoms with Gasteiger partial charge in [-0.05, 0) is 80.6 Å². The van der Waals surface area contributed by atoms with Crippen LogP contribution in [0.2, 0.25) is 0 Å². The summed E-state index contributed by atoms with van der Waals surface area (Å²) < 4.78 is 5.73. The number of benzene rings is 2. The molecule has 0 radical (unpaired) electrons. The van der Waals surface area contributed by atoms with Crippen LogP contribution in [0.4, 0.5) is 0 Å². The molecule has 5 N–H and O–H groups in total. The van der Waals surface area contributed by atoms with Crippen molar-refractivity contribution in [3.8, 4) is 22.6 Å². The van der Waals surface area contributed by atoms with Gasteiger partial charge in [-0.25, -0.2) is 0 Å². The molecule has 11 nitrogen and oxygen atoms in total. The Bertz CT molecular complexity index is 1630. The standard InChI is InChI=1S/C35H41N3O8/c1-38(2)29-23-15-18-14-22-20(21-13-17(9-12-25(21)46-3)16-37-19-7-5-4-6-8-19)10-11-24(39)27(22)30(40)26(18)32(42)35(23,45)33(43)28(31(29)41)34(36)44/h9-13,18-19,23,26,28-29,37,39,45H,4-8,14-16H2,1-3H3,(H2,36,44)/t18-,23-,26?,28?,29?,35-/m1/s1. The van der Waals surface area contributed by atoms with Gasteiger partial charge in [0.05, 0.1) is 24.6 Å². The fraction of sp³-hybridized carbons (Fsp3) is 0.514. The number of aliphatic hydroxyl groups is 1. The molecule has 11 heteroatoms. The van der Waals surface area contributed by atoms with Crippen molar-refractivity contribution in [1.82, 2.24) is 10.2 Å². The zero-order chi connectivity index (χ0) is 33.1. The number of aromatic hydroxyl groups is 1. The van der Waals surface area contributed by atoms with Gasteiger partial charge in [0, 0.05) is 24.1 Å². The fourth-order valence-electron chi connectivity index (χ4n) is 8.50. The third-order valence-electron chi connectivity index (χ3n) is 10.7. The SMILES string of the molecule is COc1ccc(CNC2CCCCC2)cc1-c1ccc(O)c2c1C[C@@H]1C[C@@H]3C(N(C)C)C(=O)C(C(N)=O)C(=O)[C@]3(O)C(=O)C1C2=O. The minimum Gasteiger partial charge on any atom is -0.507 e. The van der Waals surface area contributed by atoms with Crippen molar-refractivity contribution in [2.24, 2.45) is 29.4 Å². The second-order valence-electron chi connectivity index (χ2n) is 13.5. The number of ketones is 4. The quantitative estimate of drug-likeness (QED) is 0.331. The molecule has 2 aromatic carbocycles. The molecule has 1 amide bonds. The average Bonchev–Trinajstić information content (AvgIpc) is 3.02. The van der Waals surface area contributed by atoms with Crippen LogP contribution >= 0.6 is 0 Å². The van der Waals surface area contributed by atoms with Gasteiger partial charge in [-0.2, -0.15) is 0 Å². The second kappa shape index (κ2) is 12.0. The molecule has 0 spiro atoms. The number of nitrogens with two attached hydrogens (primary N) is 1. The molecule has 0 bridgehead atoms. The number of carbonyl (C=O) groups is 5. The Morgan fingerprint density at radius 1 is 1.04 bits per heavy atom. The van der Waals surface area contributed by atoms with Gasteiger partial charge in [0.15, 0.2) is 34.7 Å². The number of fused-ring (bicyclic) bond motifs is 3. The van der Waals surface area contributed by atoms with E-state index in [0.717, 1.165) is 24.0 Å². The first kappa shape index (κ1) is 32.0. The molecule has 3 unspecified atom stereocenters. The zero-order valence-electron chi connectivity index (χ0n) is 26.4. The largest absolute Gasteiger partial charge is 0.507 e. The molecule has 46 heavy (non-hydrogen) atoms. The van der Waals surface area contributed by atoms with Gasteiger partial charge in [-0.1, -0.05) is 31.4 Å². The predicted octanol–water partition coefficient (Wildman–Crippen LogP) is 1.96. The van der Waals surface area contributed by atoms with Crippen LogP contribution in [0.3, 0.4) is 0 Å². The summed E-state index contributed by atoms with van der Waals surface area (Å²) in [6.45, 7) is 0.653. The van der Waals surface area contributed by atoms with Gasteiger partial charge in [0.1, 0.15) is 11.5 Å². The summed E-state index contributed by atoms with van der Waals surface area (Å²) in [4.78, 5) is 68.9. The molecule has 4 aliphatic rings. The average molecular weight is 632 g/mol. The van der Waals surface area contributed by atoms with Crippen molar-refractivity contribution in [1.29, 1.82) is 0 Å². The normalized spacial score (nSPS) is 29.7. The van der Waals surface area contributed by atoms with E-state index in [1.807, 2.05) is 18.2 Å². The van der Waals surface area contributed by atoms with E-state index in [2.05, 4.69) is 5.32 Å². The summed E-state index contributed by atoms with van der Waals surface area (Å²) in [6, 6.07) is 8.31. The predicted molar refractivity (Wildman–Crippen MR) is 167 cm³/mol. The van der Waals surface area contributed by atoms with Crippen molar-refractivity contribution in [3.05, 3.63) is 47.0 Å². The highest BCUT2D eigenvalue weighted by Gasteiger charge is 2.69. The monoisotopic (exact) mass is 631 g/mol. The third kappa shape index (κ3) is 4.96. The van der Waals surface area contributed by atoms with E-state index in [1.54, 1.807) is 27.3 Å². The maximum atomic E-state index is 14.2. The maximum Gasteiger partial charge on any atom is 0.235 e. The van der Waals surface area contributed by atoms with Gasteiger partial charge < -0.3 is 26.0 Å². The van der Waals surface area contributed by atoms with Crippen LogP contribution < -0.4 is 15.8 Å². The van der Waals surface area contributed by atoms with E-state index in [-0.39, 0.29) is 24.2 Å². The molecule has 0 aliphatic heterocycles.